The van der Waals surface area contributed by atoms with Crippen LogP contribution in [0.4, 0.5) is 0 Å². The molecule has 5 nitrogen and oxygen atoms in total. The van der Waals surface area contributed by atoms with Gasteiger partial charge in [0.05, 0.1) is 0 Å². The summed E-state index contributed by atoms with van der Waals surface area (Å²) in [6.07, 6.45) is 2.68. The SMILES string of the molecule is CC(CNCc1cc(=O)n(C)c(=O)n1C)C1CC1. The number of aromatic nitrogens is 2. The highest BCUT2D eigenvalue weighted by Gasteiger charge is 2.27. The van der Waals surface area contributed by atoms with E-state index in [0.29, 0.717) is 12.5 Å². The molecule has 0 amide bonds. The third kappa shape index (κ3) is 2.72. The van der Waals surface area contributed by atoms with Crippen LogP contribution in [0.5, 0.6) is 0 Å². The number of rotatable bonds is 5. The normalized spacial score (nSPS) is 16.8. The molecule has 1 atom stereocenters. The standard InChI is InChI=1S/C13H21N3O2/c1-9(10-4-5-10)7-14-8-11-6-12(17)16(3)13(18)15(11)2/h6,9-10,14H,4-5,7-8H2,1-3H3. The van der Waals surface area contributed by atoms with Crippen LogP contribution in [0, 0.1) is 11.8 Å². The fourth-order valence-electron chi connectivity index (χ4n) is 2.21. The highest BCUT2D eigenvalue weighted by molar-refractivity contribution is 5.01. The Balaban J connectivity index is 2.01. The molecule has 2 rings (SSSR count). The molecule has 0 aliphatic heterocycles. The molecule has 1 heterocycles. The predicted molar refractivity (Wildman–Crippen MR) is 70.5 cm³/mol. The highest BCUT2D eigenvalue weighted by Crippen LogP contribution is 2.36. The van der Waals surface area contributed by atoms with E-state index in [2.05, 4.69) is 12.2 Å². The summed E-state index contributed by atoms with van der Waals surface area (Å²) in [6, 6.07) is 1.52. The van der Waals surface area contributed by atoms with E-state index < -0.39 is 0 Å². The predicted octanol–water partition coefficient (Wildman–Crippen LogP) is 0.220. The second-order valence-electron chi connectivity index (χ2n) is 5.32. The smallest absolute Gasteiger partial charge is 0.311 e. The molecule has 1 aliphatic carbocycles. The minimum Gasteiger partial charge on any atom is -0.311 e. The summed E-state index contributed by atoms with van der Waals surface area (Å²) in [4.78, 5) is 23.3. The van der Waals surface area contributed by atoms with E-state index in [-0.39, 0.29) is 11.2 Å². The molecular weight excluding hydrogens is 230 g/mol. The van der Waals surface area contributed by atoms with Gasteiger partial charge in [0.2, 0.25) is 0 Å². The van der Waals surface area contributed by atoms with E-state index >= 15 is 0 Å². The Kier molecular flexibility index (Phi) is 3.71. The van der Waals surface area contributed by atoms with Gasteiger partial charge in [0.25, 0.3) is 5.56 Å². The van der Waals surface area contributed by atoms with Crippen LogP contribution in [0.1, 0.15) is 25.5 Å². The Morgan fingerprint density at radius 1 is 1.33 bits per heavy atom. The fraction of sp³-hybridized carbons (Fsp3) is 0.692. The van der Waals surface area contributed by atoms with Crippen molar-refractivity contribution in [1.29, 1.82) is 0 Å². The molecular formula is C13H21N3O2. The monoisotopic (exact) mass is 251 g/mol. The van der Waals surface area contributed by atoms with Crippen LogP contribution < -0.4 is 16.6 Å². The maximum atomic E-state index is 11.7. The lowest BCUT2D eigenvalue weighted by atomic mass is 10.1. The van der Waals surface area contributed by atoms with Gasteiger partial charge in [-0.05, 0) is 31.2 Å². The summed E-state index contributed by atoms with van der Waals surface area (Å²) >= 11 is 0. The minimum absolute atomic E-state index is 0.245. The lowest BCUT2D eigenvalue weighted by Crippen LogP contribution is -2.39. The molecule has 1 aromatic heterocycles. The van der Waals surface area contributed by atoms with Crippen molar-refractivity contribution >= 4 is 0 Å². The number of hydrogen-bond donors (Lipinski definition) is 1. The summed E-state index contributed by atoms with van der Waals surface area (Å²) in [7, 11) is 3.19. The third-order valence-corrected chi connectivity index (χ3v) is 3.82. The Morgan fingerprint density at radius 3 is 2.61 bits per heavy atom. The van der Waals surface area contributed by atoms with Gasteiger partial charge in [-0.2, -0.15) is 0 Å². The van der Waals surface area contributed by atoms with E-state index in [1.807, 2.05) is 0 Å². The van der Waals surface area contributed by atoms with Gasteiger partial charge in [0.1, 0.15) is 0 Å². The zero-order chi connectivity index (χ0) is 13.3. The molecule has 1 aromatic rings. The van der Waals surface area contributed by atoms with Gasteiger partial charge in [-0.15, -0.1) is 0 Å². The van der Waals surface area contributed by atoms with Gasteiger partial charge >= 0.3 is 5.69 Å². The number of nitrogens with zero attached hydrogens (tertiary/aromatic N) is 2. The Labute approximate surface area is 106 Å². The van der Waals surface area contributed by atoms with E-state index in [9.17, 15) is 9.59 Å². The molecule has 1 aliphatic rings. The molecule has 0 radical (unpaired) electrons. The van der Waals surface area contributed by atoms with Gasteiger partial charge in [0, 0.05) is 32.4 Å². The average molecular weight is 251 g/mol. The summed E-state index contributed by atoms with van der Waals surface area (Å²) in [5.74, 6) is 1.54. The summed E-state index contributed by atoms with van der Waals surface area (Å²) in [5.41, 5.74) is 0.228. The van der Waals surface area contributed by atoms with Crippen molar-refractivity contribution < 1.29 is 0 Å². The molecule has 1 fully saturated rings. The second-order valence-corrected chi connectivity index (χ2v) is 5.32. The highest BCUT2D eigenvalue weighted by atomic mass is 16.2. The molecule has 0 bridgehead atoms. The molecule has 18 heavy (non-hydrogen) atoms. The van der Waals surface area contributed by atoms with Crippen molar-refractivity contribution in [1.82, 2.24) is 14.5 Å². The zero-order valence-electron chi connectivity index (χ0n) is 11.3. The van der Waals surface area contributed by atoms with Gasteiger partial charge in [-0.1, -0.05) is 6.92 Å². The Bertz CT molecular complexity index is 540. The van der Waals surface area contributed by atoms with Crippen LogP contribution in [-0.2, 0) is 20.6 Å². The molecule has 0 aromatic carbocycles. The lowest BCUT2D eigenvalue weighted by Gasteiger charge is -2.13. The first-order valence-corrected chi connectivity index (χ1v) is 6.47. The Morgan fingerprint density at radius 2 is 2.00 bits per heavy atom. The number of nitrogens with one attached hydrogen (secondary N) is 1. The molecule has 1 saturated carbocycles. The quantitative estimate of drug-likeness (QED) is 0.814. The maximum absolute atomic E-state index is 11.7. The van der Waals surface area contributed by atoms with Crippen LogP contribution in [0.15, 0.2) is 15.7 Å². The van der Waals surface area contributed by atoms with Crippen molar-refractivity contribution in [2.45, 2.75) is 26.3 Å². The van der Waals surface area contributed by atoms with Gasteiger partial charge in [-0.3, -0.25) is 13.9 Å². The Hall–Kier alpha value is -1.36. The fourth-order valence-corrected chi connectivity index (χ4v) is 2.21. The van der Waals surface area contributed by atoms with Crippen molar-refractivity contribution in [3.8, 4) is 0 Å². The van der Waals surface area contributed by atoms with Gasteiger partial charge < -0.3 is 5.32 Å². The van der Waals surface area contributed by atoms with Gasteiger partial charge in [-0.25, -0.2) is 4.79 Å². The van der Waals surface area contributed by atoms with E-state index in [1.54, 1.807) is 7.05 Å². The summed E-state index contributed by atoms with van der Waals surface area (Å²) < 4.78 is 2.65. The molecule has 100 valence electrons. The molecule has 1 N–H and O–H groups in total. The van der Waals surface area contributed by atoms with Crippen molar-refractivity contribution in [2.24, 2.45) is 25.9 Å². The van der Waals surface area contributed by atoms with Crippen molar-refractivity contribution in [3.05, 3.63) is 32.6 Å². The molecule has 0 spiro atoms. The van der Waals surface area contributed by atoms with Crippen LogP contribution in [-0.4, -0.2) is 15.7 Å². The summed E-state index contributed by atoms with van der Waals surface area (Å²) in [6.45, 7) is 3.75. The second kappa shape index (κ2) is 5.10. The van der Waals surface area contributed by atoms with Crippen LogP contribution in [0.3, 0.4) is 0 Å². The first kappa shape index (κ1) is 13.1. The largest absolute Gasteiger partial charge is 0.330 e. The maximum Gasteiger partial charge on any atom is 0.330 e. The van der Waals surface area contributed by atoms with E-state index in [0.717, 1.165) is 22.7 Å². The first-order valence-electron chi connectivity index (χ1n) is 6.47. The van der Waals surface area contributed by atoms with Crippen molar-refractivity contribution in [3.63, 3.8) is 0 Å². The minimum atomic E-state index is -0.269. The van der Waals surface area contributed by atoms with Crippen LogP contribution >= 0.6 is 0 Å². The van der Waals surface area contributed by atoms with Crippen molar-refractivity contribution in [2.75, 3.05) is 6.54 Å². The molecule has 5 heteroatoms. The van der Waals surface area contributed by atoms with Crippen LogP contribution in [0.2, 0.25) is 0 Å². The van der Waals surface area contributed by atoms with Gasteiger partial charge in [0.15, 0.2) is 0 Å². The first-order chi connectivity index (χ1) is 8.50. The molecule has 1 unspecified atom stereocenters. The topological polar surface area (TPSA) is 56.0 Å². The van der Waals surface area contributed by atoms with E-state index in [4.69, 9.17) is 0 Å². The molecule has 0 saturated heterocycles. The van der Waals surface area contributed by atoms with E-state index in [1.165, 1.54) is 30.5 Å². The average Bonchev–Trinajstić information content (AvgIpc) is 3.17. The number of hydrogen-bond acceptors (Lipinski definition) is 3. The lowest BCUT2D eigenvalue weighted by molar-refractivity contribution is 0.455. The third-order valence-electron chi connectivity index (χ3n) is 3.82. The van der Waals surface area contributed by atoms with Crippen LogP contribution in [0.25, 0.3) is 0 Å². The zero-order valence-corrected chi connectivity index (χ0v) is 11.3. The summed E-state index contributed by atoms with van der Waals surface area (Å²) in [5, 5.41) is 3.33.